The molecule has 1 N–H and O–H groups in total. The van der Waals surface area contributed by atoms with E-state index in [0.29, 0.717) is 4.75 Å². The maximum atomic E-state index is 4.54. The molecule has 1 unspecified atom stereocenters. The van der Waals surface area contributed by atoms with Gasteiger partial charge in [0.2, 0.25) is 0 Å². The Balaban J connectivity index is 0.00000261. The first-order valence-corrected chi connectivity index (χ1v) is 10.9. The van der Waals surface area contributed by atoms with Crippen LogP contribution in [0.4, 0.5) is 0 Å². The molecule has 1 aromatic carbocycles. The number of benzene rings is 1. The number of aliphatic imine (C=N–C) groups is 1. The highest BCUT2D eigenvalue weighted by Gasteiger charge is 2.29. The van der Waals surface area contributed by atoms with Gasteiger partial charge in [0.25, 0.3) is 0 Å². The van der Waals surface area contributed by atoms with Gasteiger partial charge in [-0.1, -0.05) is 30.3 Å². The van der Waals surface area contributed by atoms with Gasteiger partial charge in [0.1, 0.15) is 0 Å². The van der Waals surface area contributed by atoms with Crippen LogP contribution in [-0.2, 0) is 6.42 Å². The van der Waals surface area contributed by atoms with E-state index in [9.17, 15) is 0 Å². The minimum atomic E-state index is 0. The lowest BCUT2D eigenvalue weighted by Crippen LogP contribution is -2.51. The van der Waals surface area contributed by atoms with Crippen LogP contribution in [0.15, 0.2) is 35.3 Å². The van der Waals surface area contributed by atoms with Gasteiger partial charge in [0.05, 0.1) is 0 Å². The van der Waals surface area contributed by atoms with E-state index >= 15 is 0 Å². The van der Waals surface area contributed by atoms with E-state index in [4.69, 9.17) is 0 Å². The Hall–Kier alpha value is -0.470. The number of hydrogen-bond acceptors (Lipinski definition) is 3. The van der Waals surface area contributed by atoms with Crippen LogP contribution in [0.5, 0.6) is 0 Å². The molecule has 6 heteroatoms. The minimum absolute atomic E-state index is 0. The first-order chi connectivity index (χ1) is 12.6. The van der Waals surface area contributed by atoms with Crippen LogP contribution < -0.4 is 5.32 Å². The number of nitrogens with one attached hydrogen (secondary N) is 1. The van der Waals surface area contributed by atoms with E-state index < -0.39 is 0 Å². The fraction of sp³-hybridized carbons (Fsp3) is 0.667. The molecule has 1 aromatic rings. The number of rotatable bonds is 5. The lowest BCUT2D eigenvalue weighted by molar-refractivity contribution is 0.325. The van der Waals surface area contributed by atoms with Crippen molar-refractivity contribution in [1.29, 1.82) is 0 Å². The third kappa shape index (κ3) is 7.13. The predicted molar refractivity (Wildman–Crippen MR) is 130 cm³/mol. The number of thioether (sulfide) groups is 1. The van der Waals surface area contributed by atoms with Gasteiger partial charge in [-0.2, -0.15) is 11.8 Å². The van der Waals surface area contributed by atoms with Crippen molar-refractivity contribution >= 4 is 41.7 Å². The average Bonchev–Trinajstić information content (AvgIpc) is 3.08. The molecule has 2 saturated heterocycles. The summed E-state index contributed by atoms with van der Waals surface area (Å²) in [4.78, 5) is 9.58. The molecule has 2 aliphatic heterocycles. The number of halogens is 1. The van der Waals surface area contributed by atoms with Crippen molar-refractivity contribution in [2.75, 3.05) is 52.1 Å². The zero-order valence-corrected chi connectivity index (χ0v) is 20.1. The van der Waals surface area contributed by atoms with Crippen molar-refractivity contribution in [3.8, 4) is 0 Å². The van der Waals surface area contributed by atoms with Crippen LogP contribution in [0.3, 0.4) is 0 Å². The zero-order chi connectivity index (χ0) is 18.4. The van der Waals surface area contributed by atoms with Gasteiger partial charge < -0.3 is 15.1 Å². The Labute approximate surface area is 186 Å². The molecule has 0 saturated carbocycles. The molecule has 27 heavy (non-hydrogen) atoms. The molecule has 2 fully saturated rings. The maximum absolute atomic E-state index is 4.54. The van der Waals surface area contributed by atoms with Crippen molar-refractivity contribution in [2.24, 2.45) is 10.9 Å². The molecular formula is C21H35IN4S. The van der Waals surface area contributed by atoms with Crippen LogP contribution in [0, 0.1) is 5.92 Å². The number of nitrogens with zero attached hydrogens (tertiary/aromatic N) is 3. The second-order valence-corrected chi connectivity index (χ2v) is 9.95. The summed E-state index contributed by atoms with van der Waals surface area (Å²) in [6.07, 6.45) is 2.45. The summed E-state index contributed by atoms with van der Waals surface area (Å²) in [6, 6.07) is 10.8. The third-order valence-corrected chi connectivity index (χ3v) is 6.71. The van der Waals surface area contributed by atoms with Crippen molar-refractivity contribution in [3.05, 3.63) is 35.9 Å². The fourth-order valence-electron chi connectivity index (χ4n) is 3.98. The molecule has 152 valence electrons. The topological polar surface area (TPSA) is 30.9 Å². The van der Waals surface area contributed by atoms with E-state index in [1.165, 1.54) is 37.4 Å². The molecule has 4 nitrogen and oxygen atoms in total. The first kappa shape index (κ1) is 22.8. The van der Waals surface area contributed by atoms with E-state index in [1.54, 1.807) is 0 Å². The summed E-state index contributed by atoms with van der Waals surface area (Å²) < 4.78 is 0.317. The summed E-state index contributed by atoms with van der Waals surface area (Å²) in [6.45, 7) is 11.5. The highest BCUT2D eigenvalue weighted by Crippen LogP contribution is 2.29. The van der Waals surface area contributed by atoms with E-state index in [-0.39, 0.29) is 24.0 Å². The molecular weight excluding hydrogens is 467 g/mol. The summed E-state index contributed by atoms with van der Waals surface area (Å²) in [5.74, 6) is 3.00. The number of likely N-dealkylation sites (tertiary alicyclic amines) is 1. The van der Waals surface area contributed by atoms with Gasteiger partial charge in [-0.15, -0.1) is 24.0 Å². The molecule has 1 atom stereocenters. The molecule has 0 aromatic heterocycles. The fourth-order valence-corrected chi connectivity index (χ4v) is 5.09. The molecule has 0 aliphatic carbocycles. The SMILES string of the molecule is CN=C(NCC1CCN(CCc2ccccc2)C1)N1CCSC(C)(C)C1.I. The minimum Gasteiger partial charge on any atom is -0.356 e. The zero-order valence-electron chi connectivity index (χ0n) is 17.0. The second kappa shape index (κ2) is 10.9. The molecule has 0 bridgehead atoms. The van der Waals surface area contributed by atoms with Crippen molar-refractivity contribution in [3.63, 3.8) is 0 Å². The smallest absolute Gasteiger partial charge is 0.193 e. The third-order valence-electron chi connectivity index (χ3n) is 5.42. The van der Waals surface area contributed by atoms with Crippen LogP contribution >= 0.6 is 35.7 Å². The normalized spacial score (nSPS) is 23.1. The predicted octanol–water partition coefficient (Wildman–Crippen LogP) is 3.57. The second-order valence-electron chi connectivity index (χ2n) is 8.15. The lowest BCUT2D eigenvalue weighted by atomic mass is 10.1. The van der Waals surface area contributed by atoms with Crippen LogP contribution in [0.2, 0.25) is 0 Å². The van der Waals surface area contributed by atoms with Gasteiger partial charge in [-0.25, -0.2) is 0 Å². The van der Waals surface area contributed by atoms with E-state index in [2.05, 4.69) is 76.1 Å². The highest BCUT2D eigenvalue weighted by atomic mass is 127. The molecule has 0 radical (unpaired) electrons. The van der Waals surface area contributed by atoms with Gasteiger partial charge in [-0.05, 0) is 44.7 Å². The summed E-state index contributed by atoms with van der Waals surface area (Å²) in [7, 11) is 1.91. The largest absolute Gasteiger partial charge is 0.356 e. The van der Waals surface area contributed by atoms with Crippen molar-refractivity contribution < 1.29 is 0 Å². The highest BCUT2D eigenvalue weighted by molar-refractivity contribution is 14.0. The van der Waals surface area contributed by atoms with Gasteiger partial charge >= 0.3 is 0 Å². The quantitative estimate of drug-likeness (QED) is 0.379. The summed E-state index contributed by atoms with van der Waals surface area (Å²) >= 11 is 2.07. The van der Waals surface area contributed by atoms with Crippen LogP contribution in [0.1, 0.15) is 25.8 Å². The standard InChI is InChI=1S/C21H34N4S.HI/c1-21(2)17-25(13-14-26-21)20(22-3)23-15-19-10-12-24(16-19)11-9-18-7-5-4-6-8-18;/h4-8,19H,9-17H2,1-3H3,(H,22,23);1H. The summed E-state index contributed by atoms with van der Waals surface area (Å²) in [5.41, 5.74) is 1.44. The Morgan fingerprint density at radius 3 is 2.74 bits per heavy atom. The van der Waals surface area contributed by atoms with Gasteiger partial charge in [0, 0.05) is 50.3 Å². The molecule has 0 spiro atoms. The molecule has 3 rings (SSSR count). The molecule has 0 amide bonds. The Morgan fingerprint density at radius 2 is 2.04 bits per heavy atom. The van der Waals surface area contributed by atoms with E-state index in [1.807, 2.05) is 7.05 Å². The number of guanidine groups is 1. The van der Waals surface area contributed by atoms with E-state index in [0.717, 1.165) is 37.9 Å². The Kier molecular flexibility index (Phi) is 9.22. The molecule has 2 aliphatic rings. The Morgan fingerprint density at radius 1 is 1.26 bits per heavy atom. The maximum Gasteiger partial charge on any atom is 0.193 e. The van der Waals surface area contributed by atoms with Crippen LogP contribution in [-0.4, -0.2) is 72.6 Å². The summed E-state index contributed by atoms with van der Waals surface area (Å²) in [5, 5.41) is 3.65. The first-order valence-electron chi connectivity index (χ1n) is 9.91. The average molecular weight is 503 g/mol. The van der Waals surface area contributed by atoms with Crippen molar-refractivity contribution in [2.45, 2.75) is 31.4 Å². The molecule has 2 heterocycles. The monoisotopic (exact) mass is 502 g/mol. The number of hydrogen-bond donors (Lipinski definition) is 1. The van der Waals surface area contributed by atoms with Crippen molar-refractivity contribution in [1.82, 2.24) is 15.1 Å². The van der Waals surface area contributed by atoms with Gasteiger partial charge in [-0.3, -0.25) is 4.99 Å². The van der Waals surface area contributed by atoms with Gasteiger partial charge in [0.15, 0.2) is 5.96 Å². The van der Waals surface area contributed by atoms with Crippen LogP contribution in [0.25, 0.3) is 0 Å². The lowest BCUT2D eigenvalue weighted by Gasteiger charge is -2.39. The Bertz CT molecular complexity index is 593.